The molecule has 2 unspecified atom stereocenters. The first-order valence-electron chi connectivity index (χ1n) is 5.78. The fourth-order valence-corrected chi connectivity index (χ4v) is 2.79. The second kappa shape index (κ2) is 3.90. The van der Waals surface area contributed by atoms with Crippen LogP contribution in [-0.2, 0) is 0 Å². The van der Waals surface area contributed by atoms with Crippen molar-refractivity contribution in [1.29, 1.82) is 0 Å². The number of fused-ring (bicyclic) bond motifs is 1. The fraction of sp³-hybridized carbons (Fsp3) is 0.636. The third-order valence-corrected chi connectivity index (χ3v) is 3.60. The first-order valence-corrected chi connectivity index (χ1v) is 5.78. The maximum absolute atomic E-state index is 12.2. The molecule has 1 N–H and O–H groups in total. The highest BCUT2D eigenvalue weighted by Crippen LogP contribution is 2.27. The highest BCUT2D eigenvalue weighted by atomic mass is 16.5. The molecule has 0 radical (unpaired) electrons. The van der Waals surface area contributed by atoms with Crippen LogP contribution in [0.1, 0.15) is 23.3 Å². The summed E-state index contributed by atoms with van der Waals surface area (Å²) in [5, 5.41) is 7.08. The van der Waals surface area contributed by atoms with Crippen LogP contribution in [0.25, 0.3) is 0 Å². The number of likely N-dealkylation sites (tertiary alicyclic amines) is 1. The Bertz CT molecular complexity index is 377. The van der Waals surface area contributed by atoms with E-state index in [2.05, 4.69) is 10.5 Å². The average Bonchev–Trinajstić information content (AvgIpc) is 2.98. The minimum absolute atomic E-state index is 0.00662. The number of carbonyl (C=O) groups is 1. The van der Waals surface area contributed by atoms with Gasteiger partial charge in [0.2, 0.25) is 0 Å². The van der Waals surface area contributed by atoms with E-state index in [4.69, 9.17) is 4.52 Å². The van der Waals surface area contributed by atoms with Gasteiger partial charge in [-0.3, -0.25) is 4.79 Å². The highest BCUT2D eigenvalue weighted by molar-refractivity contribution is 5.92. The Labute approximate surface area is 93.8 Å². The summed E-state index contributed by atoms with van der Waals surface area (Å²) in [6, 6.07) is 1.98. The van der Waals surface area contributed by atoms with Crippen molar-refractivity contribution in [1.82, 2.24) is 15.4 Å². The summed E-state index contributed by atoms with van der Waals surface area (Å²) in [6.07, 6.45) is 3.76. The Morgan fingerprint density at radius 2 is 2.50 bits per heavy atom. The summed E-state index contributed by atoms with van der Waals surface area (Å²) < 4.78 is 4.72. The van der Waals surface area contributed by atoms with Crippen LogP contribution in [-0.4, -0.2) is 41.6 Å². The first-order chi connectivity index (χ1) is 7.86. The molecule has 1 aromatic rings. The predicted octanol–water partition coefficient (Wildman–Crippen LogP) is 0.499. The van der Waals surface area contributed by atoms with Crippen molar-refractivity contribution in [2.75, 3.05) is 19.6 Å². The largest absolute Gasteiger partial charge is 0.364 e. The number of piperidine rings is 1. The number of amides is 1. The summed E-state index contributed by atoms with van der Waals surface area (Å²) in [5.41, 5.74) is 0.424. The Kier molecular flexibility index (Phi) is 2.40. The molecule has 0 aliphatic carbocycles. The molecular weight excluding hydrogens is 206 g/mol. The van der Waals surface area contributed by atoms with Crippen molar-refractivity contribution >= 4 is 5.91 Å². The van der Waals surface area contributed by atoms with Gasteiger partial charge in [-0.25, -0.2) is 0 Å². The Morgan fingerprint density at radius 3 is 3.31 bits per heavy atom. The molecule has 0 bridgehead atoms. The van der Waals surface area contributed by atoms with Crippen LogP contribution >= 0.6 is 0 Å². The van der Waals surface area contributed by atoms with Gasteiger partial charge in [-0.05, 0) is 18.8 Å². The lowest BCUT2D eigenvalue weighted by molar-refractivity contribution is 0.0564. The molecule has 5 heteroatoms. The van der Waals surface area contributed by atoms with Gasteiger partial charge < -0.3 is 14.7 Å². The lowest BCUT2D eigenvalue weighted by Gasteiger charge is -2.36. The summed E-state index contributed by atoms with van der Waals surface area (Å²) >= 11 is 0. The van der Waals surface area contributed by atoms with Crippen molar-refractivity contribution in [3.63, 3.8) is 0 Å². The van der Waals surface area contributed by atoms with E-state index in [-0.39, 0.29) is 5.91 Å². The van der Waals surface area contributed by atoms with Crippen molar-refractivity contribution in [3.8, 4) is 0 Å². The molecule has 0 saturated carbocycles. The standard InChI is InChI=1S/C11H15N3O2/c15-11(9-3-5-16-13-9)14-4-1-2-8-6-12-7-10(8)14/h3,5,8,10,12H,1-2,4,6-7H2. The van der Waals surface area contributed by atoms with Crippen LogP contribution in [0.3, 0.4) is 0 Å². The van der Waals surface area contributed by atoms with E-state index in [1.165, 1.54) is 12.7 Å². The monoisotopic (exact) mass is 221 g/mol. The molecule has 0 aromatic carbocycles. The molecule has 2 saturated heterocycles. The Morgan fingerprint density at radius 1 is 1.56 bits per heavy atom. The number of aromatic nitrogens is 1. The summed E-state index contributed by atoms with van der Waals surface area (Å²) in [5.74, 6) is 0.622. The smallest absolute Gasteiger partial charge is 0.276 e. The van der Waals surface area contributed by atoms with Crippen LogP contribution in [0, 0.1) is 5.92 Å². The molecule has 2 atom stereocenters. The third-order valence-electron chi connectivity index (χ3n) is 3.60. The van der Waals surface area contributed by atoms with Gasteiger partial charge in [0.15, 0.2) is 5.69 Å². The Hall–Kier alpha value is -1.36. The predicted molar refractivity (Wildman–Crippen MR) is 56.9 cm³/mol. The van der Waals surface area contributed by atoms with Crippen LogP contribution in [0.15, 0.2) is 16.9 Å². The minimum Gasteiger partial charge on any atom is -0.364 e. The topological polar surface area (TPSA) is 58.4 Å². The van der Waals surface area contributed by atoms with Crippen molar-refractivity contribution in [2.24, 2.45) is 5.92 Å². The molecule has 2 aliphatic rings. The fourth-order valence-electron chi connectivity index (χ4n) is 2.79. The second-order valence-corrected chi connectivity index (χ2v) is 4.51. The second-order valence-electron chi connectivity index (χ2n) is 4.51. The number of carbonyl (C=O) groups excluding carboxylic acids is 1. The van der Waals surface area contributed by atoms with E-state index in [0.29, 0.717) is 17.7 Å². The summed E-state index contributed by atoms with van der Waals surface area (Å²) in [4.78, 5) is 14.1. The summed E-state index contributed by atoms with van der Waals surface area (Å²) in [7, 11) is 0. The van der Waals surface area contributed by atoms with Crippen LogP contribution in [0.2, 0.25) is 0 Å². The van der Waals surface area contributed by atoms with Gasteiger partial charge in [0.1, 0.15) is 6.26 Å². The maximum atomic E-state index is 12.2. The zero-order valence-electron chi connectivity index (χ0n) is 9.06. The van der Waals surface area contributed by atoms with Crippen LogP contribution in [0.5, 0.6) is 0 Å². The van der Waals surface area contributed by atoms with Gasteiger partial charge in [-0.15, -0.1) is 0 Å². The molecule has 0 spiro atoms. The third kappa shape index (κ3) is 1.51. The number of hydrogen-bond acceptors (Lipinski definition) is 4. The van der Waals surface area contributed by atoms with Crippen LogP contribution in [0.4, 0.5) is 0 Å². The van der Waals surface area contributed by atoms with E-state index in [0.717, 1.165) is 26.1 Å². The number of nitrogens with one attached hydrogen (secondary N) is 1. The zero-order valence-corrected chi connectivity index (χ0v) is 9.06. The van der Waals surface area contributed by atoms with E-state index in [9.17, 15) is 4.79 Å². The van der Waals surface area contributed by atoms with E-state index in [1.54, 1.807) is 6.07 Å². The van der Waals surface area contributed by atoms with E-state index >= 15 is 0 Å². The lowest BCUT2D eigenvalue weighted by atomic mass is 9.92. The molecular formula is C11H15N3O2. The normalized spacial score (nSPS) is 29.1. The zero-order chi connectivity index (χ0) is 11.0. The molecule has 3 rings (SSSR count). The van der Waals surface area contributed by atoms with Gasteiger partial charge in [0.25, 0.3) is 5.91 Å². The number of rotatable bonds is 1. The van der Waals surface area contributed by atoms with Crippen molar-refractivity contribution < 1.29 is 9.32 Å². The molecule has 5 nitrogen and oxygen atoms in total. The van der Waals surface area contributed by atoms with Gasteiger partial charge in [0, 0.05) is 31.7 Å². The molecule has 86 valence electrons. The molecule has 1 aromatic heterocycles. The first kappa shape index (κ1) is 9.84. The SMILES string of the molecule is O=C(c1ccon1)N1CCCC2CNCC21. The molecule has 16 heavy (non-hydrogen) atoms. The van der Waals surface area contributed by atoms with E-state index < -0.39 is 0 Å². The molecule has 2 aliphatic heterocycles. The number of nitrogens with zero attached hydrogens (tertiary/aromatic N) is 2. The Balaban J connectivity index is 1.80. The lowest BCUT2D eigenvalue weighted by Crippen LogP contribution is -2.48. The van der Waals surface area contributed by atoms with Crippen molar-refractivity contribution in [3.05, 3.63) is 18.0 Å². The van der Waals surface area contributed by atoms with Gasteiger partial charge >= 0.3 is 0 Å². The van der Waals surface area contributed by atoms with Gasteiger partial charge in [-0.1, -0.05) is 5.16 Å². The quantitative estimate of drug-likeness (QED) is 0.750. The number of hydrogen-bond donors (Lipinski definition) is 1. The maximum Gasteiger partial charge on any atom is 0.276 e. The average molecular weight is 221 g/mol. The highest BCUT2D eigenvalue weighted by Gasteiger charge is 2.38. The van der Waals surface area contributed by atoms with E-state index in [1.807, 2.05) is 4.90 Å². The summed E-state index contributed by atoms with van der Waals surface area (Å²) in [6.45, 7) is 2.79. The molecule has 2 fully saturated rings. The van der Waals surface area contributed by atoms with Crippen LogP contribution < -0.4 is 5.32 Å². The van der Waals surface area contributed by atoms with Gasteiger partial charge in [0.05, 0.1) is 0 Å². The molecule has 1 amide bonds. The van der Waals surface area contributed by atoms with Gasteiger partial charge in [-0.2, -0.15) is 0 Å². The molecule has 3 heterocycles. The minimum atomic E-state index is 0.00662. The van der Waals surface area contributed by atoms with Crippen molar-refractivity contribution in [2.45, 2.75) is 18.9 Å².